The first-order valence-corrected chi connectivity index (χ1v) is 6.51. The maximum atomic E-state index is 13.5. The maximum Gasteiger partial charge on any atom is 0.182 e. The van der Waals surface area contributed by atoms with E-state index in [1.54, 1.807) is 0 Å². The summed E-state index contributed by atoms with van der Waals surface area (Å²) in [5, 5.41) is 2.92. The second-order valence-corrected chi connectivity index (χ2v) is 5.02. The highest BCUT2D eigenvalue weighted by molar-refractivity contribution is 5.46. The molecule has 1 aliphatic rings. The van der Waals surface area contributed by atoms with Crippen molar-refractivity contribution in [3.63, 3.8) is 0 Å². The molecule has 1 saturated carbocycles. The Labute approximate surface area is 105 Å². The summed E-state index contributed by atoms with van der Waals surface area (Å²) in [5.74, 6) is -2.15. The molecule has 4 heteroatoms. The zero-order valence-corrected chi connectivity index (χ0v) is 10.5. The molecule has 18 heavy (non-hydrogen) atoms. The van der Waals surface area contributed by atoms with E-state index in [1.807, 2.05) is 0 Å². The number of rotatable bonds is 3. The summed E-state index contributed by atoms with van der Waals surface area (Å²) in [6, 6.07) is 1.70. The molecular formula is C14H18F3N. The van der Waals surface area contributed by atoms with Crippen molar-refractivity contribution in [2.24, 2.45) is 5.92 Å². The van der Waals surface area contributed by atoms with Gasteiger partial charge < -0.3 is 5.32 Å². The molecule has 1 nitrogen and oxygen atoms in total. The van der Waals surface area contributed by atoms with Gasteiger partial charge in [-0.1, -0.05) is 13.3 Å². The van der Waals surface area contributed by atoms with Crippen LogP contribution in [0, 0.1) is 23.4 Å². The summed E-state index contributed by atoms with van der Waals surface area (Å²) in [7, 11) is 0. The van der Waals surface area contributed by atoms with Gasteiger partial charge in [-0.2, -0.15) is 0 Å². The Balaban J connectivity index is 2.02. The minimum Gasteiger partial charge on any atom is -0.380 e. The van der Waals surface area contributed by atoms with E-state index < -0.39 is 17.5 Å². The fraction of sp³-hybridized carbons (Fsp3) is 0.571. The first-order valence-electron chi connectivity index (χ1n) is 6.51. The molecule has 0 radical (unpaired) electrons. The van der Waals surface area contributed by atoms with Gasteiger partial charge >= 0.3 is 0 Å². The van der Waals surface area contributed by atoms with Gasteiger partial charge in [0.2, 0.25) is 0 Å². The van der Waals surface area contributed by atoms with E-state index in [1.165, 1.54) is 0 Å². The smallest absolute Gasteiger partial charge is 0.182 e. The number of benzene rings is 1. The minimum absolute atomic E-state index is 0.0625. The zero-order chi connectivity index (χ0) is 13.1. The number of halogens is 3. The van der Waals surface area contributed by atoms with Crippen LogP contribution >= 0.6 is 0 Å². The topological polar surface area (TPSA) is 12.0 Å². The molecule has 0 spiro atoms. The fourth-order valence-corrected chi connectivity index (χ4v) is 2.60. The standard InChI is InChI=1S/C14H18F3N/c1-2-9-3-5-11(6-4-9)18-13-8-10(15)7-12(16)14(13)17/h7-9,11,18H,2-6H2,1H3. The van der Waals surface area contributed by atoms with Crippen LogP contribution in [0.2, 0.25) is 0 Å². The molecule has 100 valence electrons. The third-order valence-electron chi connectivity index (χ3n) is 3.78. The van der Waals surface area contributed by atoms with Crippen molar-refractivity contribution in [1.82, 2.24) is 0 Å². The number of anilines is 1. The van der Waals surface area contributed by atoms with Crippen molar-refractivity contribution >= 4 is 5.69 Å². The van der Waals surface area contributed by atoms with E-state index in [0.717, 1.165) is 44.1 Å². The Morgan fingerprint density at radius 1 is 1.11 bits per heavy atom. The van der Waals surface area contributed by atoms with Crippen LogP contribution in [-0.4, -0.2) is 6.04 Å². The Hall–Kier alpha value is -1.19. The average Bonchev–Trinajstić information content (AvgIpc) is 2.36. The van der Waals surface area contributed by atoms with Crippen LogP contribution in [0.3, 0.4) is 0 Å². The molecule has 1 aromatic carbocycles. The van der Waals surface area contributed by atoms with Crippen molar-refractivity contribution in [3.05, 3.63) is 29.6 Å². The van der Waals surface area contributed by atoms with Crippen LogP contribution in [-0.2, 0) is 0 Å². The summed E-state index contributed by atoms with van der Waals surface area (Å²) in [4.78, 5) is 0. The van der Waals surface area contributed by atoms with Crippen LogP contribution in [0.15, 0.2) is 12.1 Å². The minimum atomic E-state index is -1.14. The van der Waals surface area contributed by atoms with Gasteiger partial charge in [-0.25, -0.2) is 13.2 Å². The lowest BCUT2D eigenvalue weighted by Gasteiger charge is -2.29. The summed E-state index contributed by atoms with van der Waals surface area (Å²) < 4.78 is 39.6. The number of hydrogen-bond acceptors (Lipinski definition) is 1. The highest BCUT2D eigenvalue weighted by Crippen LogP contribution is 2.29. The van der Waals surface area contributed by atoms with Gasteiger partial charge in [-0.15, -0.1) is 0 Å². The van der Waals surface area contributed by atoms with Gasteiger partial charge in [0, 0.05) is 18.2 Å². The lowest BCUT2D eigenvalue weighted by molar-refractivity contribution is 0.329. The predicted octanol–water partition coefficient (Wildman–Crippen LogP) is 4.48. The largest absolute Gasteiger partial charge is 0.380 e. The van der Waals surface area contributed by atoms with Gasteiger partial charge in [-0.05, 0) is 31.6 Å². The van der Waals surface area contributed by atoms with Crippen LogP contribution in [0.25, 0.3) is 0 Å². The molecule has 0 aliphatic heterocycles. The third kappa shape index (κ3) is 2.98. The zero-order valence-electron chi connectivity index (χ0n) is 10.5. The first kappa shape index (κ1) is 13.2. The molecule has 1 aliphatic carbocycles. The molecule has 0 atom stereocenters. The van der Waals surface area contributed by atoms with Crippen LogP contribution in [0.1, 0.15) is 39.0 Å². The highest BCUT2D eigenvalue weighted by Gasteiger charge is 2.21. The molecule has 0 bridgehead atoms. The van der Waals surface area contributed by atoms with Crippen molar-refractivity contribution in [3.8, 4) is 0 Å². The Morgan fingerprint density at radius 2 is 1.78 bits per heavy atom. The first-order chi connectivity index (χ1) is 8.60. The summed E-state index contributed by atoms with van der Waals surface area (Å²) >= 11 is 0. The summed E-state index contributed by atoms with van der Waals surface area (Å²) in [5.41, 5.74) is -0.0625. The SMILES string of the molecule is CCC1CCC(Nc2cc(F)cc(F)c2F)CC1. The Bertz CT molecular complexity index is 412. The lowest BCUT2D eigenvalue weighted by Crippen LogP contribution is -2.26. The molecule has 1 N–H and O–H groups in total. The number of hydrogen-bond donors (Lipinski definition) is 1. The van der Waals surface area contributed by atoms with Gasteiger partial charge in [0.25, 0.3) is 0 Å². The second-order valence-electron chi connectivity index (χ2n) is 5.02. The van der Waals surface area contributed by atoms with Crippen molar-refractivity contribution in [2.75, 3.05) is 5.32 Å². The normalized spacial score (nSPS) is 24.0. The number of nitrogens with one attached hydrogen (secondary N) is 1. The van der Waals surface area contributed by atoms with E-state index in [-0.39, 0.29) is 11.7 Å². The van der Waals surface area contributed by atoms with Crippen molar-refractivity contribution in [2.45, 2.75) is 45.1 Å². The van der Waals surface area contributed by atoms with Gasteiger partial charge in [0.1, 0.15) is 5.82 Å². The molecule has 0 saturated heterocycles. The lowest BCUT2D eigenvalue weighted by atomic mass is 9.84. The van der Waals surface area contributed by atoms with Crippen molar-refractivity contribution < 1.29 is 13.2 Å². The second kappa shape index (κ2) is 5.63. The Morgan fingerprint density at radius 3 is 2.39 bits per heavy atom. The van der Waals surface area contributed by atoms with Gasteiger partial charge in [-0.3, -0.25) is 0 Å². The molecular weight excluding hydrogens is 239 g/mol. The summed E-state index contributed by atoms with van der Waals surface area (Å²) in [6.45, 7) is 2.17. The molecule has 1 aromatic rings. The van der Waals surface area contributed by atoms with Crippen LogP contribution in [0.5, 0.6) is 0 Å². The predicted molar refractivity (Wildman–Crippen MR) is 66.0 cm³/mol. The Kier molecular flexibility index (Phi) is 4.15. The van der Waals surface area contributed by atoms with E-state index >= 15 is 0 Å². The average molecular weight is 257 g/mol. The molecule has 0 amide bonds. The van der Waals surface area contributed by atoms with E-state index in [2.05, 4.69) is 12.2 Å². The molecule has 0 aromatic heterocycles. The van der Waals surface area contributed by atoms with Crippen molar-refractivity contribution in [1.29, 1.82) is 0 Å². The summed E-state index contributed by atoms with van der Waals surface area (Å²) in [6.07, 6.45) is 5.20. The monoisotopic (exact) mass is 257 g/mol. The molecule has 0 unspecified atom stereocenters. The van der Waals surface area contributed by atoms with Crippen LogP contribution in [0.4, 0.5) is 18.9 Å². The molecule has 1 fully saturated rings. The molecule has 2 rings (SSSR count). The fourth-order valence-electron chi connectivity index (χ4n) is 2.60. The van der Waals surface area contributed by atoms with Crippen LogP contribution < -0.4 is 5.32 Å². The maximum absolute atomic E-state index is 13.5. The highest BCUT2D eigenvalue weighted by atomic mass is 19.2. The van der Waals surface area contributed by atoms with E-state index in [0.29, 0.717) is 6.07 Å². The van der Waals surface area contributed by atoms with Gasteiger partial charge in [0.05, 0.1) is 5.69 Å². The van der Waals surface area contributed by atoms with E-state index in [9.17, 15) is 13.2 Å². The van der Waals surface area contributed by atoms with Gasteiger partial charge in [0.15, 0.2) is 11.6 Å². The molecule has 0 heterocycles. The quantitative estimate of drug-likeness (QED) is 0.787. The third-order valence-corrected chi connectivity index (χ3v) is 3.78. The van der Waals surface area contributed by atoms with E-state index in [4.69, 9.17) is 0 Å².